The van der Waals surface area contributed by atoms with Crippen LogP contribution in [0.15, 0.2) is 34.5 Å². The third kappa shape index (κ3) is 3.23. The number of likely N-dealkylation sites (tertiary alicyclic amines) is 1. The fourth-order valence-corrected chi connectivity index (χ4v) is 5.07. The number of furan rings is 1. The van der Waals surface area contributed by atoms with E-state index in [-0.39, 0.29) is 11.5 Å². The van der Waals surface area contributed by atoms with Gasteiger partial charge in [-0.25, -0.2) is 0 Å². The largest absolute Gasteiger partial charge is 0.459 e. The predicted octanol–water partition coefficient (Wildman–Crippen LogP) is 3.24. The molecule has 5 heteroatoms. The van der Waals surface area contributed by atoms with Gasteiger partial charge in [0.1, 0.15) is 0 Å². The molecule has 3 aliphatic heterocycles. The Morgan fingerprint density at radius 3 is 3.15 bits per heavy atom. The molecule has 0 saturated carbocycles. The average molecular weight is 358 g/mol. The average Bonchev–Trinajstić information content (AvgIpc) is 3.39. The van der Waals surface area contributed by atoms with E-state index >= 15 is 0 Å². The van der Waals surface area contributed by atoms with E-state index in [2.05, 4.69) is 30.1 Å². The third-order valence-corrected chi connectivity index (χ3v) is 6.59. The lowest BCUT2D eigenvalue weighted by molar-refractivity contribution is 0.00290. The van der Waals surface area contributed by atoms with Crippen LogP contribution in [-0.2, 0) is 4.74 Å². The second kappa shape index (κ2) is 7.20. The number of hydrogen-bond acceptors (Lipinski definition) is 4. The second-order valence-electron chi connectivity index (χ2n) is 8.15. The lowest BCUT2D eigenvalue weighted by Crippen LogP contribution is -2.41. The molecule has 3 aliphatic rings. The van der Waals surface area contributed by atoms with Crippen LogP contribution in [0.5, 0.6) is 0 Å². The Kier molecular flexibility index (Phi) is 4.93. The van der Waals surface area contributed by atoms with Gasteiger partial charge in [0.05, 0.1) is 18.0 Å². The van der Waals surface area contributed by atoms with E-state index in [1.165, 1.54) is 18.3 Å². The molecule has 4 atom stereocenters. The number of nitrogens with zero attached hydrogens (tertiary/aromatic N) is 1. The highest BCUT2D eigenvalue weighted by molar-refractivity contribution is 5.91. The van der Waals surface area contributed by atoms with Crippen molar-refractivity contribution in [2.24, 2.45) is 11.8 Å². The number of carbonyl (C=O) groups excluding carboxylic acids is 1. The van der Waals surface area contributed by atoms with Crippen molar-refractivity contribution < 1.29 is 13.9 Å². The van der Waals surface area contributed by atoms with Gasteiger partial charge in [0.2, 0.25) is 0 Å². The number of allylic oxidation sites excluding steroid dienone is 1. The first-order valence-corrected chi connectivity index (χ1v) is 9.99. The first-order valence-electron chi connectivity index (χ1n) is 9.99. The minimum atomic E-state index is -0.123. The molecule has 26 heavy (non-hydrogen) atoms. The summed E-state index contributed by atoms with van der Waals surface area (Å²) >= 11 is 0. The van der Waals surface area contributed by atoms with Crippen LogP contribution >= 0.6 is 0 Å². The topological polar surface area (TPSA) is 54.7 Å². The van der Waals surface area contributed by atoms with Crippen LogP contribution in [0.3, 0.4) is 0 Å². The zero-order valence-electron chi connectivity index (χ0n) is 15.9. The minimum absolute atomic E-state index is 0.0360. The number of carbonyl (C=O) groups is 1. The Morgan fingerprint density at radius 1 is 1.50 bits per heavy atom. The van der Waals surface area contributed by atoms with Gasteiger partial charge in [-0.1, -0.05) is 18.6 Å². The molecule has 0 aliphatic carbocycles. The smallest absolute Gasteiger partial charge is 0.286 e. The summed E-state index contributed by atoms with van der Waals surface area (Å²) in [6.45, 7) is 8.35. The number of fused-ring (bicyclic) bond motifs is 1. The fourth-order valence-electron chi connectivity index (χ4n) is 5.07. The number of hydrogen-bond donors (Lipinski definition) is 1. The van der Waals surface area contributed by atoms with Crippen LogP contribution in [0.25, 0.3) is 0 Å². The van der Waals surface area contributed by atoms with Crippen molar-refractivity contribution in [2.45, 2.75) is 51.2 Å². The van der Waals surface area contributed by atoms with E-state index in [1.807, 2.05) is 0 Å². The fraction of sp³-hybridized carbons (Fsp3) is 0.667. The van der Waals surface area contributed by atoms with Crippen molar-refractivity contribution >= 4 is 5.91 Å². The second-order valence-corrected chi connectivity index (χ2v) is 8.15. The number of rotatable bonds is 7. The van der Waals surface area contributed by atoms with Gasteiger partial charge in [-0.3, -0.25) is 9.69 Å². The van der Waals surface area contributed by atoms with Gasteiger partial charge in [0.15, 0.2) is 5.76 Å². The summed E-state index contributed by atoms with van der Waals surface area (Å²) in [5.41, 5.74) is 1.51. The summed E-state index contributed by atoms with van der Waals surface area (Å²) in [6.07, 6.45) is 8.76. The minimum Gasteiger partial charge on any atom is -0.459 e. The van der Waals surface area contributed by atoms with E-state index in [1.54, 1.807) is 12.1 Å². The van der Waals surface area contributed by atoms with Gasteiger partial charge < -0.3 is 14.5 Å². The van der Waals surface area contributed by atoms with Crippen molar-refractivity contribution in [2.75, 3.05) is 26.2 Å². The summed E-state index contributed by atoms with van der Waals surface area (Å²) < 4.78 is 11.7. The highest BCUT2D eigenvalue weighted by Gasteiger charge is 2.62. The monoisotopic (exact) mass is 358 g/mol. The van der Waals surface area contributed by atoms with E-state index in [9.17, 15) is 4.79 Å². The SMILES string of the molecule is CCC(C)=CCCN1C[C@@H]2[C@H](CNC(=O)c3ccco3)[C@H]3CC[C@]2(C1)O3. The first kappa shape index (κ1) is 17.8. The molecule has 1 aromatic rings. The van der Waals surface area contributed by atoms with E-state index in [0.717, 1.165) is 38.9 Å². The molecule has 1 amide bonds. The molecule has 0 unspecified atom stereocenters. The maximum absolute atomic E-state index is 12.2. The van der Waals surface area contributed by atoms with Crippen molar-refractivity contribution in [1.82, 2.24) is 10.2 Å². The molecule has 1 aromatic heterocycles. The number of ether oxygens (including phenoxy) is 1. The standard InChI is InChI=1S/C21H30N2O3/c1-3-15(2)6-4-10-23-13-17-16(18-8-9-21(17,14-23)26-18)12-22-20(24)19-7-5-11-25-19/h5-7,11,16-18H,3-4,8-10,12-14H2,1-2H3,(H,22,24)/t16-,17+,18+,21+/m0/s1. The van der Waals surface area contributed by atoms with E-state index in [4.69, 9.17) is 9.15 Å². The van der Waals surface area contributed by atoms with Gasteiger partial charge in [-0.15, -0.1) is 0 Å². The lowest BCUT2D eigenvalue weighted by Gasteiger charge is -2.29. The summed E-state index contributed by atoms with van der Waals surface area (Å²) in [6, 6.07) is 3.45. The molecular formula is C21H30N2O3. The molecule has 0 radical (unpaired) electrons. The molecule has 5 nitrogen and oxygen atoms in total. The Balaban J connectivity index is 1.34. The number of amides is 1. The molecule has 3 saturated heterocycles. The molecule has 1 N–H and O–H groups in total. The first-order chi connectivity index (χ1) is 12.6. The Bertz CT molecular complexity index is 669. The lowest BCUT2D eigenvalue weighted by atomic mass is 9.73. The zero-order valence-corrected chi connectivity index (χ0v) is 15.9. The van der Waals surface area contributed by atoms with Crippen molar-refractivity contribution in [3.8, 4) is 0 Å². The molecule has 1 spiro atoms. The van der Waals surface area contributed by atoms with E-state index in [0.29, 0.717) is 30.2 Å². The zero-order chi connectivity index (χ0) is 18.1. The van der Waals surface area contributed by atoms with Crippen molar-refractivity contribution in [1.29, 1.82) is 0 Å². The van der Waals surface area contributed by atoms with Crippen LogP contribution in [0.4, 0.5) is 0 Å². The third-order valence-electron chi connectivity index (χ3n) is 6.59. The predicted molar refractivity (Wildman–Crippen MR) is 100.0 cm³/mol. The Labute approximate surface area is 155 Å². The van der Waals surface area contributed by atoms with E-state index < -0.39 is 0 Å². The highest BCUT2D eigenvalue weighted by atomic mass is 16.5. The molecular weight excluding hydrogens is 328 g/mol. The molecule has 0 aromatic carbocycles. The molecule has 2 bridgehead atoms. The van der Waals surface area contributed by atoms with Crippen LogP contribution in [0.1, 0.15) is 50.1 Å². The summed E-state index contributed by atoms with van der Waals surface area (Å²) in [7, 11) is 0. The molecule has 142 valence electrons. The highest BCUT2D eigenvalue weighted by Crippen LogP contribution is 2.54. The van der Waals surface area contributed by atoms with Gasteiger partial charge in [0, 0.05) is 38.0 Å². The maximum atomic E-state index is 12.2. The van der Waals surface area contributed by atoms with Crippen LogP contribution in [0.2, 0.25) is 0 Å². The summed E-state index contributed by atoms with van der Waals surface area (Å²) in [5, 5.41) is 3.06. The van der Waals surface area contributed by atoms with Crippen LogP contribution in [0, 0.1) is 11.8 Å². The number of nitrogens with one attached hydrogen (secondary N) is 1. The molecule has 3 fully saturated rings. The Hall–Kier alpha value is -1.59. The normalized spacial score (nSPS) is 33.6. The van der Waals surface area contributed by atoms with Crippen molar-refractivity contribution in [3.63, 3.8) is 0 Å². The Morgan fingerprint density at radius 2 is 2.38 bits per heavy atom. The summed E-state index contributed by atoms with van der Waals surface area (Å²) in [4.78, 5) is 14.8. The van der Waals surface area contributed by atoms with Gasteiger partial charge >= 0.3 is 0 Å². The maximum Gasteiger partial charge on any atom is 0.286 e. The van der Waals surface area contributed by atoms with Gasteiger partial charge in [0.25, 0.3) is 5.91 Å². The van der Waals surface area contributed by atoms with Gasteiger partial charge in [-0.2, -0.15) is 0 Å². The van der Waals surface area contributed by atoms with Gasteiger partial charge in [-0.05, 0) is 44.7 Å². The molecule has 4 rings (SSSR count). The van der Waals surface area contributed by atoms with Crippen LogP contribution in [-0.4, -0.2) is 48.7 Å². The van der Waals surface area contributed by atoms with Crippen molar-refractivity contribution in [3.05, 3.63) is 35.8 Å². The quantitative estimate of drug-likeness (QED) is 0.761. The molecule has 4 heterocycles. The van der Waals surface area contributed by atoms with Crippen LogP contribution < -0.4 is 5.32 Å². The summed E-state index contributed by atoms with van der Waals surface area (Å²) in [5.74, 6) is 1.21.